The predicted molar refractivity (Wildman–Crippen MR) is 113 cm³/mol. The Hall–Kier alpha value is -2.99. The van der Waals surface area contributed by atoms with E-state index in [4.69, 9.17) is 16.6 Å². The number of carbonyl (C=O) groups is 1. The first kappa shape index (κ1) is 19.3. The average Bonchev–Trinajstić information content (AvgIpc) is 2.76. The summed E-state index contributed by atoms with van der Waals surface area (Å²) in [6, 6.07) is 12.3. The van der Waals surface area contributed by atoms with Gasteiger partial charge in [0.15, 0.2) is 5.78 Å². The highest BCUT2D eigenvalue weighted by atomic mass is 35.5. The van der Waals surface area contributed by atoms with Gasteiger partial charge in [0.2, 0.25) is 5.95 Å². The highest BCUT2D eigenvalue weighted by Crippen LogP contribution is 2.26. The first-order valence-corrected chi connectivity index (χ1v) is 9.94. The van der Waals surface area contributed by atoms with Crippen LogP contribution in [0.5, 0.6) is 0 Å². The molecular weight excluding hydrogens is 388 g/mol. The number of nitrogens with zero attached hydrogens (tertiary/aromatic N) is 4. The van der Waals surface area contributed by atoms with Crippen LogP contribution in [0.15, 0.2) is 59.7 Å². The van der Waals surface area contributed by atoms with Crippen molar-refractivity contribution in [3.8, 4) is 11.3 Å². The standard InChI is InChI=1S/C22H21ClN4O2/c1-26-20(28)14-19(15-6-10-24-11-7-15)25-22(26)27-12-8-17(9-13-27)21(29)16-2-4-18(23)5-3-16/h2-7,10-11,14,17H,8-9,12-13H2,1H3. The van der Waals surface area contributed by atoms with Crippen molar-refractivity contribution < 1.29 is 4.79 Å². The summed E-state index contributed by atoms with van der Waals surface area (Å²) in [7, 11) is 1.73. The zero-order valence-electron chi connectivity index (χ0n) is 16.1. The number of piperidine rings is 1. The molecule has 0 atom stereocenters. The van der Waals surface area contributed by atoms with Crippen LogP contribution in [0.25, 0.3) is 11.3 Å². The molecule has 0 amide bonds. The van der Waals surface area contributed by atoms with Crippen molar-refractivity contribution in [3.63, 3.8) is 0 Å². The molecule has 1 fully saturated rings. The largest absolute Gasteiger partial charge is 0.342 e. The Labute approximate surface area is 173 Å². The monoisotopic (exact) mass is 408 g/mol. The molecule has 0 N–H and O–H groups in total. The molecule has 1 saturated heterocycles. The number of hydrogen-bond donors (Lipinski definition) is 0. The molecule has 0 spiro atoms. The van der Waals surface area contributed by atoms with Gasteiger partial charge in [-0.2, -0.15) is 0 Å². The fourth-order valence-electron chi connectivity index (χ4n) is 3.67. The summed E-state index contributed by atoms with van der Waals surface area (Å²) in [5, 5.41) is 0.623. The van der Waals surface area contributed by atoms with E-state index in [1.807, 2.05) is 12.1 Å². The van der Waals surface area contributed by atoms with Crippen LogP contribution in [0, 0.1) is 5.92 Å². The molecule has 0 aliphatic carbocycles. The lowest BCUT2D eigenvalue weighted by Gasteiger charge is -2.33. The lowest BCUT2D eigenvalue weighted by molar-refractivity contribution is 0.0900. The lowest BCUT2D eigenvalue weighted by Crippen LogP contribution is -2.39. The number of pyridine rings is 1. The molecule has 2 aromatic heterocycles. The van der Waals surface area contributed by atoms with Gasteiger partial charge in [0.1, 0.15) is 0 Å². The second kappa shape index (κ2) is 8.17. The van der Waals surface area contributed by atoms with Crippen LogP contribution in [0.1, 0.15) is 23.2 Å². The van der Waals surface area contributed by atoms with E-state index >= 15 is 0 Å². The lowest BCUT2D eigenvalue weighted by atomic mass is 9.89. The van der Waals surface area contributed by atoms with Crippen LogP contribution in [-0.4, -0.2) is 33.4 Å². The molecule has 3 aromatic rings. The number of carbonyl (C=O) groups excluding carboxylic acids is 1. The van der Waals surface area contributed by atoms with Crippen LogP contribution in [0.2, 0.25) is 5.02 Å². The molecule has 4 rings (SSSR count). The van der Waals surface area contributed by atoms with Crippen LogP contribution in [0.3, 0.4) is 0 Å². The van der Waals surface area contributed by atoms with Gasteiger partial charge in [0, 0.05) is 60.7 Å². The molecule has 1 aromatic carbocycles. The van der Waals surface area contributed by atoms with E-state index in [-0.39, 0.29) is 17.3 Å². The third-order valence-electron chi connectivity index (χ3n) is 5.36. The second-order valence-electron chi connectivity index (χ2n) is 7.21. The van der Waals surface area contributed by atoms with Gasteiger partial charge in [-0.25, -0.2) is 4.98 Å². The molecule has 1 aliphatic rings. The van der Waals surface area contributed by atoms with Gasteiger partial charge in [-0.1, -0.05) is 11.6 Å². The number of rotatable bonds is 4. The van der Waals surface area contributed by atoms with Crippen LogP contribution < -0.4 is 10.5 Å². The van der Waals surface area contributed by atoms with Gasteiger partial charge in [-0.15, -0.1) is 0 Å². The molecule has 0 radical (unpaired) electrons. The first-order chi connectivity index (χ1) is 14.0. The molecule has 6 nitrogen and oxygen atoms in total. The fraction of sp³-hybridized carbons (Fsp3) is 0.273. The number of halogens is 1. The summed E-state index contributed by atoms with van der Waals surface area (Å²) < 4.78 is 1.56. The van der Waals surface area contributed by atoms with Gasteiger partial charge < -0.3 is 4.90 Å². The van der Waals surface area contributed by atoms with Gasteiger partial charge in [-0.05, 0) is 49.2 Å². The molecule has 0 bridgehead atoms. The summed E-state index contributed by atoms with van der Waals surface area (Å²) >= 11 is 5.92. The van der Waals surface area contributed by atoms with Crippen molar-refractivity contribution in [3.05, 3.63) is 75.8 Å². The van der Waals surface area contributed by atoms with Crippen LogP contribution in [-0.2, 0) is 7.05 Å². The summed E-state index contributed by atoms with van der Waals surface area (Å²) in [5.41, 5.74) is 2.07. The van der Waals surface area contributed by atoms with Gasteiger partial charge in [-0.3, -0.25) is 19.1 Å². The second-order valence-corrected chi connectivity index (χ2v) is 7.64. The molecule has 148 valence electrons. The smallest absolute Gasteiger partial charge is 0.255 e. The predicted octanol–water partition coefficient (Wildman–Crippen LogP) is 3.60. The van der Waals surface area contributed by atoms with Crippen LogP contribution >= 0.6 is 11.6 Å². The zero-order chi connectivity index (χ0) is 20.4. The average molecular weight is 409 g/mol. The zero-order valence-corrected chi connectivity index (χ0v) is 16.8. The Balaban J connectivity index is 1.52. The van der Waals surface area contributed by atoms with Crippen LogP contribution in [0.4, 0.5) is 5.95 Å². The molecule has 0 unspecified atom stereocenters. The summed E-state index contributed by atoms with van der Waals surface area (Å²) in [6.45, 7) is 1.34. The summed E-state index contributed by atoms with van der Waals surface area (Å²) in [6.07, 6.45) is 4.80. The minimum Gasteiger partial charge on any atom is -0.342 e. The molecule has 1 aliphatic heterocycles. The molecule has 29 heavy (non-hydrogen) atoms. The number of hydrogen-bond acceptors (Lipinski definition) is 5. The van der Waals surface area contributed by atoms with E-state index in [0.29, 0.717) is 35.3 Å². The van der Waals surface area contributed by atoms with E-state index in [2.05, 4.69) is 9.88 Å². The maximum absolute atomic E-state index is 12.8. The molecule has 3 heterocycles. The summed E-state index contributed by atoms with van der Waals surface area (Å²) in [4.78, 5) is 36.1. The Morgan fingerprint density at radius 2 is 1.72 bits per heavy atom. The first-order valence-electron chi connectivity index (χ1n) is 9.56. The third-order valence-corrected chi connectivity index (χ3v) is 5.62. The number of anilines is 1. The van der Waals surface area contributed by atoms with E-state index in [1.54, 1.807) is 48.3 Å². The number of ketones is 1. The van der Waals surface area contributed by atoms with Crippen molar-refractivity contribution in [1.29, 1.82) is 0 Å². The minimum atomic E-state index is -0.110. The minimum absolute atomic E-state index is 0.0344. The normalized spacial score (nSPS) is 14.8. The van der Waals surface area contributed by atoms with Gasteiger partial charge >= 0.3 is 0 Å². The number of Topliss-reactive ketones (excluding diaryl/α,β-unsaturated/α-hetero) is 1. The highest BCUT2D eigenvalue weighted by molar-refractivity contribution is 6.30. The third kappa shape index (κ3) is 4.07. The number of aromatic nitrogens is 3. The van der Waals surface area contributed by atoms with Gasteiger partial charge in [0.25, 0.3) is 5.56 Å². The molecule has 7 heteroatoms. The number of benzene rings is 1. The maximum atomic E-state index is 12.8. The Kier molecular flexibility index (Phi) is 5.45. The maximum Gasteiger partial charge on any atom is 0.255 e. The fourth-order valence-corrected chi connectivity index (χ4v) is 3.80. The van der Waals surface area contributed by atoms with E-state index in [1.165, 1.54) is 6.07 Å². The van der Waals surface area contributed by atoms with Crippen molar-refractivity contribution in [2.75, 3.05) is 18.0 Å². The van der Waals surface area contributed by atoms with E-state index < -0.39 is 0 Å². The quantitative estimate of drug-likeness (QED) is 0.617. The van der Waals surface area contributed by atoms with Crippen molar-refractivity contribution in [1.82, 2.24) is 14.5 Å². The molecule has 0 saturated carbocycles. The van der Waals surface area contributed by atoms with Crippen molar-refractivity contribution in [2.45, 2.75) is 12.8 Å². The topological polar surface area (TPSA) is 68.1 Å². The SMILES string of the molecule is Cn1c(N2CCC(C(=O)c3ccc(Cl)cc3)CC2)nc(-c2ccncc2)cc1=O. The van der Waals surface area contributed by atoms with E-state index in [9.17, 15) is 9.59 Å². The highest BCUT2D eigenvalue weighted by Gasteiger charge is 2.27. The Morgan fingerprint density at radius 1 is 1.07 bits per heavy atom. The summed E-state index contributed by atoms with van der Waals surface area (Å²) in [5.74, 6) is 0.739. The Morgan fingerprint density at radius 3 is 2.38 bits per heavy atom. The van der Waals surface area contributed by atoms with Crippen molar-refractivity contribution >= 4 is 23.3 Å². The van der Waals surface area contributed by atoms with E-state index in [0.717, 1.165) is 18.4 Å². The van der Waals surface area contributed by atoms with Crippen molar-refractivity contribution in [2.24, 2.45) is 13.0 Å². The Bertz CT molecular complexity index is 1070. The molecular formula is C22H21ClN4O2. The van der Waals surface area contributed by atoms with Gasteiger partial charge in [0.05, 0.1) is 5.69 Å².